The maximum absolute atomic E-state index is 10.2. The minimum absolute atomic E-state index is 0.395. The molecule has 0 rings (SSSR count). The van der Waals surface area contributed by atoms with Crippen molar-refractivity contribution in [2.75, 3.05) is 0 Å². The molecule has 0 aromatic heterocycles. The lowest BCUT2D eigenvalue weighted by Crippen LogP contribution is -2.04. The van der Waals surface area contributed by atoms with Crippen LogP contribution in [-0.4, -0.2) is 5.91 Å². The molecule has 0 spiro atoms. The maximum atomic E-state index is 10.2. The molecule has 0 aliphatic heterocycles. The number of allylic oxidation sites excluding steroid dienone is 3. The van der Waals surface area contributed by atoms with Crippen molar-refractivity contribution in [1.29, 1.82) is 0 Å². The Morgan fingerprint density at radius 3 is 2.67 bits per heavy atom. The Labute approximate surface area is 74.1 Å². The van der Waals surface area contributed by atoms with Gasteiger partial charge in [-0.05, 0) is 12.8 Å². The third-order valence-corrected chi connectivity index (χ3v) is 1.48. The van der Waals surface area contributed by atoms with Crippen LogP contribution in [0, 0.1) is 0 Å². The highest BCUT2D eigenvalue weighted by Gasteiger charge is 1.80. The van der Waals surface area contributed by atoms with E-state index >= 15 is 0 Å². The van der Waals surface area contributed by atoms with Gasteiger partial charge in [0, 0.05) is 6.08 Å². The second-order valence-electron chi connectivity index (χ2n) is 2.69. The summed E-state index contributed by atoms with van der Waals surface area (Å²) in [6, 6.07) is 0. The lowest BCUT2D eigenvalue weighted by atomic mass is 10.2. The minimum atomic E-state index is -0.395. The summed E-state index contributed by atoms with van der Waals surface area (Å²) < 4.78 is 0. The molecule has 0 aromatic rings. The standard InChI is InChI=1S/C10H17NO/c1-2-3-4-5-6-7-8-9-10(11)12/h6-9H,2-5H2,1H3,(H2,11,12)/b7-6?,9-8+. The van der Waals surface area contributed by atoms with E-state index in [9.17, 15) is 4.79 Å². The van der Waals surface area contributed by atoms with Crippen LogP contribution in [-0.2, 0) is 4.79 Å². The summed E-state index contributed by atoms with van der Waals surface area (Å²) >= 11 is 0. The van der Waals surface area contributed by atoms with Crippen molar-refractivity contribution < 1.29 is 4.79 Å². The second-order valence-corrected chi connectivity index (χ2v) is 2.69. The number of carbonyl (C=O) groups excluding carboxylic acids is 1. The predicted molar refractivity (Wildman–Crippen MR) is 51.6 cm³/mol. The first kappa shape index (κ1) is 11.0. The molecular weight excluding hydrogens is 150 g/mol. The van der Waals surface area contributed by atoms with Gasteiger partial charge in [0.1, 0.15) is 0 Å². The zero-order valence-electron chi connectivity index (χ0n) is 7.62. The molecule has 0 heterocycles. The summed E-state index contributed by atoms with van der Waals surface area (Å²) in [5.41, 5.74) is 4.90. The summed E-state index contributed by atoms with van der Waals surface area (Å²) in [5, 5.41) is 0. The molecule has 12 heavy (non-hydrogen) atoms. The van der Waals surface area contributed by atoms with Gasteiger partial charge in [-0.2, -0.15) is 0 Å². The number of hydrogen-bond acceptors (Lipinski definition) is 1. The Bertz CT molecular complexity index is 171. The highest BCUT2D eigenvalue weighted by atomic mass is 16.1. The zero-order valence-corrected chi connectivity index (χ0v) is 7.62. The Hall–Kier alpha value is -1.05. The third kappa shape index (κ3) is 8.95. The molecule has 0 saturated carbocycles. The van der Waals surface area contributed by atoms with Crippen LogP contribution in [0.4, 0.5) is 0 Å². The van der Waals surface area contributed by atoms with Crippen molar-refractivity contribution in [2.24, 2.45) is 5.73 Å². The fourth-order valence-corrected chi connectivity index (χ4v) is 0.837. The van der Waals surface area contributed by atoms with Crippen molar-refractivity contribution >= 4 is 5.91 Å². The Kier molecular flexibility index (Phi) is 7.35. The summed E-state index contributed by atoms with van der Waals surface area (Å²) in [6.07, 6.45) is 11.8. The number of rotatable bonds is 6. The molecule has 0 aromatic carbocycles. The summed E-state index contributed by atoms with van der Waals surface area (Å²) in [7, 11) is 0. The molecule has 2 N–H and O–H groups in total. The van der Waals surface area contributed by atoms with Gasteiger partial charge in [-0.15, -0.1) is 0 Å². The van der Waals surface area contributed by atoms with E-state index in [0.717, 1.165) is 6.42 Å². The molecule has 0 aliphatic rings. The highest BCUT2D eigenvalue weighted by Crippen LogP contribution is 1.99. The molecule has 0 bridgehead atoms. The number of carbonyl (C=O) groups is 1. The average molecular weight is 167 g/mol. The molecule has 0 radical (unpaired) electrons. The molecule has 68 valence electrons. The largest absolute Gasteiger partial charge is 0.366 e. The monoisotopic (exact) mass is 167 g/mol. The van der Waals surface area contributed by atoms with Crippen molar-refractivity contribution in [3.63, 3.8) is 0 Å². The normalized spacial score (nSPS) is 11.4. The number of unbranched alkanes of at least 4 members (excludes halogenated alkanes) is 3. The van der Waals surface area contributed by atoms with Crippen molar-refractivity contribution in [3.05, 3.63) is 24.3 Å². The summed E-state index contributed by atoms with van der Waals surface area (Å²) in [5.74, 6) is -0.395. The van der Waals surface area contributed by atoms with Gasteiger partial charge in [0.2, 0.25) is 5.91 Å². The van der Waals surface area contributed by atoms with E-state index in [1.807, 2.05) is 6.08 Å². The molecular formula is C10H17NO. The van der Waals surface area contributed by atoms with Gasteiger partial charge in [-0.25, -0.2) is 0 Å². The molecule has 0 saturated heterocycles. The van der Waals surface area contributed by atoms with Crippen molar-refractivity contribution in [1.82, 2.24) is 0 Å². The van der Waals surface area contributed by atoms with Gasteiger partial charge >= 0.3 is 0 Å². The lowest BCUT2D eigenvalue weighted by molar-refractivity contribution is -0.113. The Balaban J connectivity index is 3.31. The van der Waals surface area contributed by atoms with E-state index in [0.29, 0.717) is 0 Å². The number of amides is 1. The van der Waals surface area contributed by atoms with E-state index in [4.69, 9.17) is 5.73 Å². The van der Waals surface area contributed by atoms with E-state index in [1.165, 1.54) is 25.3 Å². The van der Waals surface area contributed by atoms with Gasteiger partial charge in [-0.1, -0.05) is 38.0 Å². The Morgan fingerprint density at radius 2 is 2.08 bits per heavy atom. The first-order valence-electron chi connectivity index (χ1n) is 4.40. The molecule has 0 atom stereocenters. The van der Waals surface area contributed by atoms with Gasteiger partial charge in [0.05, 0.1) is 0 Å². The van der Waals surface area contributed by atoms with E-state index in [2.05, 4.69) is 13.0 Å². The highest BCUT2D eigenvalue weighted by molar-refractivity contribution is 5.85. The van der Waals surface area contributed by atoms with Gasteiger partial charge in [0.25, 0.3) is 0 Å². The van der Waals surface area contributed by atoms with Crippen LogP contribution in [0.1, 0.15) is 32.6 Å². The average Bonchev–Trinajstić information content (AvgIpc) is 2.02. The third-order valence-electron chi connectivity index (χ3n) is 1.48. The van der Waals surface area contributed by atoms with Crippen LogP contribution in [0.15, 0.2) is 24.3 Å². The van der Waals surface area contributed by atoms with Crippen molar-refractivity contribution in [2.45, 2.75) is 32.6 Å². The van der Waals surface area contributed by atoms with Gasteiger partial charge < -0.3 is 5.73 Å². The molecule has 0 unspecified atom stereocenters. The summed E-state index contributed by atoms with van der Waals surface area (Å²) in [6.45, 7) is 2.18. The van der Waals surface area contributed by atoms with E-state index < -0.39 is 5.91 Å². The fraction of sp³-hybridized carbons (Fsp3) is 0.500. The molecule has 2 nitrogen and oxygen atoms in total. The van der Waals surface area contributed by atoms with E-state index in [1.54, 1.807) is 6.08 Å². The van der Waals surface area contributed by atoms with Gasteiger partial charge in [-0.3, -0.25) is 4.79 Å². The van der Waals surface area contributed by atoms with E-state index in [-0.39, 0.29) is 0 Å². The van der Waals surface area contributed by atoms with Crippen LogP contribution < -0.4 is 5.73 Å². The van der Waals surface area contributed by atoms with Crippen LogP contribution in [0.3, 0.4) is 0 Å². The number of hydrogen-bond donors (Lipinski definition) is 1. The van der Waals surface area contributed by atoms with Gasteiger partial charge in [0.15, 0.2) is 0 Å². The fourth-order valence-electron chi connectivity index (χ4n) is 0.837. The Morgan fingerprint density at radius 1 is 1.33 bits per heavy atom. The number of nitrogens with two attached hydrogens (primary N) is 1. The first-order chi connectivity index (χ1) is 5.77. The predicted octanol–water partition coefficient (Wildman–Crippen LogP) is 2.16. The number of primary amides is 1. The SMILES string of the molecule is CCCCCC=C/C=C/C(N)=O. The van der Waals surface area contributed by atoms with Crippen LogP contribution in [0.2, 0.25) is 0 Å². The second kappa shape index (κ2) is 8.05. The molecule has 2 heteroatoms. The summed E-state index contributed by atoms with van der Waals surface area (Å²) in [4.78, 5) is 10.2. The molecule has 1 amide bonds. The molecule has 0 aliphatic carbocycles. The minimum Gasteiger partial charge on any atom is -0.366 e. The maximum Gasteiger partial charge on any atom is 0.241 e. The van der Waals surface area contributed by atoms with Crippen LogP contribution >= 0.6 is 0 Å². The van der Waals surface area contributed by atoms with Crippen LogP contribution in [0.25, 0.3) is 0 Å². The lowest BCUT2D eigenvalue weighted by Gasteiger charge is -1.89. The zero-order chi connectivity index (χ0) is 9.23. The quantitative estimate of drug-likeness (QED) is 0.367. The topological polar surface area (TPSA) is 43.1 Å². The molecule has 0 fully saturated rings. The first-order valence-corrected chi connectivity index (χ1v) is 4.40. The smallest absolute Gasteiger partial charge is 0.241 e. The van der Waals surface area contributed by atoms with Crippen LogP contribution in [0.5, 0.6) is 0 Å². The van der Waals surface area contributed by atoms with Crippen molar-refractivity contribution in [3.8, 4) is 0 Å².